The van der Waals surface area contributed by atoms with Gasteiger partial charge < -0.3 is 24.5 Å². The van der Waals surface area contributed by atoms with Crippen LogP contribution >= 0.6 is 0 Å². The van der Waals surface area contributed by atoms with Crippen LogP contribution in [0.2, 0.25) is 0 Å². The smallest absolute Gasteiger partial charge is 0.145 e. The molecule has 3 N–H and O–H groups in total. The summed E-state index contributed by atoms with van der Waals surface area (Å²) >= 11 is 0. The molecule has 0 spiro atoms. The summed E-state index contributed by atoms with van der Waals surface area (Å²) in [6.07, 6.45) is 0.622. The summed E-state index contributed by atoms with van der Waals surface area (Å²) < 4.78 is 10.7. The number of anilines is 1. The maximum Gasteiger partial charge on any atom is 0.145 e. The van der Waals surface area contributed by atoms with Crippen LogP contribution in [0.5, 0.6) is 11.5 Å². The van der Waals surface area contributed by atoms with Gasteiger partial charge in [-0.1, -0.05) is 19.1 Å². The second-order valence-corrected chi connectivity index (χ2v) is 6.58. The summed E-state index contributed by atoms with van der Waals surface area (Å²) in [7, 11) is 3.17. The van der Waals surface area contributed by atoms with Crippen molar-refractivity contribution in [3.05, 3.63) is 54.0 Å². The Hall–Kier alpha value is -3.48. The lowest BCUT2D eigenvalue weighted by Crippen LogP contribution is -2.35. The van der Waals surface area contributed by atoms with E-state index in [0.717, 1.165) is 11.0 Å². The highest BCUT2D eigenvalue weighted by Gasteiger charge is 2.39. The highest BCUT2D eigenvalue weighted by Crippen LogP contribution is 2.39. The molecule has 0 fully saturated rings. The number of aliphatic hydroxyl groups excluding tert-OH is 1. The van der Waals surface area contributed by atoms with Gasteiger partial charge in [-0.25, -0.2) is 4.98 Å². The van der Waals surface area contributed by atoms with Gasteiger partial charge >= 0.3 is 0 Å². The molecule has 0 amide bonds. The molecule has 28 heavy (non-hydrogen) atoms. The lowest BCUT2D eigenvalue weighted by molar-refractivity contribution is 0.372. The van der Waals surface area contributed by atoms with Gasteiger partial charge in [0.25, 0.3) is 0 Å². The first-order valence-corrected chi connectivity index (χ1v) is 9.06. The summed E-state index contributed by atoms with van der Waals surface area (Å²) in [5, 5.41) is 19.8. The molecule has 3 aromatic rings. The lowest BCUT2D eigenvalue weighted by Gasteiger charge is -2.27. The van der Waals surface area contributed by atoms with Crippen molar-refractivity contribution in [3.8, 4) is 11.5 Å². The number of H-pyrrole nitrogens is 1. The molecule has 7 nitrogen and oxygen atoms in total. The van der Waals surface area contributed by atoms with Crippen molar-refractivity contribution in [1.29, 1.82) is 5.41 Å². The number of amidine groups is 1. The maximum atomic E-state index is 11.0. The van der Waals surface area contributed by atoms with Crippen molar-refractivity contribution in [3.63, 3.8) is 0 Å². The Labute approximate surface area is 162 Å². The number of fused-ring (bicyclic) bond motifs is 1. The van der Waals surface area contributed by atoms with Crippen molar-refractivity contribution < 1.29 is 14.6 Å². The molecule has 0 radical (unpaired) electrons. The fourth-order valence-electron chi connectivity index (χ4n) is 3.61. The van der Waals surface area contributed by atoms with Gasteiger partial charge in [0.2, 0.25) is 0 Å². The highest BCUT2D eigenvalue weighted by molar-refractivity contribution is 6.31. The molecular weight excluding hydrogens is 356 g/mol. The number of aromatic nitrogens is 2. The van der Waals surface area contributed by atoms with Crippen LogP contribution in [0.4, 0.5) is 5.69 Å². The number of benzene rings is 2. The van der Waals surface area contributed by atoms with Gasteiger partial charge in [0.15, 0.2) is 0 Å². The molecule has 144 valence electrons. The van der Waals surface area contributed by atoms with E-state index in [1.807, 2.05) is 43.3 Å². The quantitative estimate of drug-likeness (QED) is 0.621. The fourth-order valence-corrected chi connectivity index (χ4v) is 3.61. The van der Waals surface area contributed by atoms with Gasteiger partial charge in [-0.15, -0.1) is 0 Å². The third kappa shape index (κ3) is 2.76. The minimum atomic E-state index is -0.368. The van der Waals surface area contributed by atoms with Crippen LogP contribution in [-0.4, -0.2) is 41.2 Å². The van der Waals surface area contributed by atoms with Crippen molar-refractivity contribution >= 4 is 28.1 Å². The van der Waals surface area contributed by atoms with Crippen LogP contribution in [0.1, 0.15) is 19.2 Å². The van der Waals surface area contributed by atoms with Gasteiger partial charge in [0.1, 0.15) is 28.9 Å². The molecule has 2 aromatic carbocycles. The van der Waals surface area contributed by atoms with E-state index in [-0.39, 0.29) is 17.6 Å². The van der Waals surface area contributed by atoms with Crippen LogP contribution in [0.3, 0.4) is 0 Å². The molecule has 0 unspecified atom stereocenters. The van der Waals surface area contributed by atoms with E-state index >= 15 is 0 Å². The van der Waals surface area contributed by atoms with Gasteiger partial charge in [-0.05, 0) is 18.6 Å². The SMILES string of the molecule is CC[C@@H]1C(O)=C(c2nc3ccccc3[nH]2)C(=N)N1c1cc(OC)cc(OC)c1. The Morgan fingerprint density at radius 2 is 1.82 bits per heavy atom. The molecule has 2 heterocycles. The molecule has 7 heteroatoms. The Bertz CT molecular complexity index is 1030. The average molecular weight is 378 g/mol. The number of hydrogen-bond donors (Lipinski definition) is 3. The standard InChI is InChI=1S/C21H22N4O3/c1-4-17-19(26)18(21-23-15-7-5-6-8-16(15)24-21)20(22)25(17)12-9-13(27-2)11-14(10-12)28-3/h5-11,17,22,26H,4H2,1-3H3,(H,23,24)/t17-/m1/s1. The average Bonchev–Trinajstić information content (AvgIpc) is 3.24. The first kappa shape index (κ1) is 17.9. The number of nitrogens with one attached hydrogen (secondary N) is 2. The summed E-state index contributed by atoms with van der Waals surface area (Å²) in [5.74, 6) is 2.04. The third-order valence-electron chi connectivity index (χ3n) is 4.99. The maximum absolute atomic E-state index is 11.0. The van der Waals surface area contributed by atoms with Gasteiger partial charge in [0, 0.05) is 18.2 Å². The Kier molecular flexibility index (Phi) is 4.43. The van der Waals surface area contributed by atoms with Crippen LogP contribution in [0.15, 0.2) is 48.2 Å². The zero-order valence-corrected chi connectivity index (χ0v) is 16.0. The van der Waals surface area contributed by atoms with Crippen LogP contribution in [0.25, 0.3) is 16.6 Å². The van der Waals surface area contributed by atoms with Crippen molar-refractivity contribution in [2.24, 2.45) is 0 Å². The second-order valence-electron chi connectivity index (χ2n) is 6.58. The Balaban J connectivity index is 1.81. The first-order valence-electron chi connectivity index (χ1n) is 9.06. The molecule has 1 aliphatic heterocycles. The molecule has 0 aliphatic carbocycles. The van der Waals surface area contributed by atoms with E-state index in [1.165, 1.54) is 0 Å². The molecule has 1 atom stereocenters. The minimum absolute atomic E-state index is 0.133. The predicted molar refractivity (Wildman–Crippen MR) is 109 cm³/mol. The number of para-hydroxylation sites is 2. The van der Waals surface area contributed by atoms with Gasteiger partial charge in [0.05, 0.1) is 42.6 Å². The van der Waals surface area contributed by atoms with E-state index in [9.17, 15) is 5.11 Å². The summed E-state index contributed by atoms with van der Waals surface area (Å²) in [4.78, 5) is 9.56. The van der Waals surface area contributed by atoms with E-state index in [1.54, 1.807) is 25.2 Å². The number of rotatable bonds is 5. The van der Waals surface area contributed by atoms with E-state index in [4.69, 9.17) is 14.9 Å². The summed E-state index contributed by atoms with van der Waals surface area (Å²) in [5.41, 5.74) is 2.77. The zero-order chi connectivity index (χ0) is 19.8. The molecule has 0 saturated heterocycles. The molecule has 0 bridgehead atoms. The van der Waals surface area contributed by atoms with Crippen molar-refractivity contribution in [2.45, 2.75) is 19.4 Å². The minimum Gasteiger partial charge on any atom is -0.509 e. The fraction of sp³-hybridized carbons (Fsp3) is 0.238. The van der Waals surface area contributed by atoms with E-state index in [0.29, 0.717) is 35.0 Å². The second kappa shape index (κ2) is 6.92. The lowest BCUT2D eigenvalue weighted by atomic mass is 10.1. The number of nitrogens with zero attached hydrogens (tertiary/aromatic N) is 2. The molecule has 0 saturated carbocycles. The largest absolute Gasteiger partial charge is 0.509 e. The van der Waals surface area contributed by atoms with Crippen LogP contribution < -0.4 is 14.4 Å². The number of methoxy groups -OCH3 is 2. The molecule has 4 rings (SSSR count). The third-order valence-corrected chi connectivity index (χ3v) is 4.99. The van der Waals surface area contributed by atoms with E-state index in [2.05, 4.69) is 9.97 Å². The van der Waals surface area contributed by atoms with Crippen LogP contribution in [-0.2, 0) is 0 Å². The summed E-state index contributed by atoms with van der Waals surface area (Å²) in [6, 6.07) is 12.7. The molecular formula is C21H22N4O3. The number of aliphatic hydroxyl groups is 1. The topological polar surface area (TPSA) is 94.5 Å². The Morgan fingerprint density at radius 1 is 1.14 bits per heavy atom. The van der Waals surface area contributed by atoms with Gasteiger partial charge in [-0.3, -0.25) is 5.41 Å². The first-order chi connectivity index (χ1) is 13.6. The van der Waals surface area contributed by atoms with E-state index < -0.39 is 0 Å². The highest BCUT2D eigenvalue weighted by atomic mass is 16.5. The summed E-state index contributed by atoms with van der Waals surface area (Å²) in [6.45, 7) is 1.97. The normalized spacial score (nSPS) is 16.9. The molecule has 1 aromatic heterocycles. The van der Waals surface area contributed by atoms with Crippen molar-refractivity contribution in [2.75, 3.05) is 19.1 Å². The van der Waals surface area contributed by atoms with Gasteiger partial charge in [-0.2, -0.15) is 0 Å². The van der Waals surface area contributed by atoms with Crippen molar-refractivity contribution in [1.82, 2.24) is 9.97 Å². The Morgan fingerprint density at radius 3 is 2.43 bits per heavy atom. The van der Waals surface area contributed by atoms with Crippen LogP contribution in [0, 0.1) is 5.41 Å². The predicted octanol–water partition coefficient (Wildman–Crippen LogP) is 4.13. The zero-order valence-electron chi connectivity index (χ0n) is 16.0. The number of hydrogen-bond acceptors (Lipinski definition) is 5. The number of aromatic amines is 1. The molecule has 1 aliphatic rings. The number of imidazole rings is 1. The number of ether oxygens (including phenoxy) is 2. The monoisotopic (exact) mass is 378 g/mol.